The molecule has 0 aliphatic rings. The summed E-state index contributed by atoms with van der Waals surface area (Å²) in [6.07, 6.45) is 0.881. The van der Waals surface area contributed by atoms with Gasteiger partial charge in [-0.15, -0.1) is 45.5 Å². The lowest BCUT2D eigenvalue weighted by atomic mass is 10.1. The van der Waals surface area contributed by atoms with Crippen LogP contribution in [0.5, 0.6) is 5.75 Å². The molecule has 0 fully saturated rings. The smallest absolute Gasteiger partial charge is 0.192 e. The highest BCUT2D eigenvalue weighted by atomic mass is 127. The molecular weight excluding hydrogens is 525 g/mol. The average Bonchev–Trinajstić information content (AvgIpc) is 3.24. The number of aromatic nitrogens is 4. The predicted octanol–water partition coefficient (Wildman–Crippen LogP) is 3.30. The standard InChI is InChI=1S/C21H29N7OS.HI/c1-14-19(30-16(3)25-14)12-23-21(24-13-20-27-26-15(2)28(20)4)22-11-10-17-6-8-18(29-5)9-7-17;/h6-9H,10-13H2,1-5H3,(H2,22,23,24);1H. The number of benzene rings is 1. The van der Waals surface area contributed by atoms with E-state index >= 15 is 0 Å². The number of methoxy groups -OCH3 is 1. The van der Waals surface area contributed by atoms with Crippen molar-refractivity contribution in [2.75, 3.05) is 13.7 Å². The fourth-order valence-corrected chi connectivity index (χ4v) is 3.81. The van der Waals surface area contributed by atoms with E-state index in [-0.39, 0.29) is 24.0 Å². The SMILES string of the molecule is COc1ccc(CCNC(=NCc2nnc(C)n2C)NCc2sc(C)nc2C)cc1.I. The molecule has 3 rings (SSSR count). The molecule has 3 aromatic rings. The molecule has 0 bridgehead atoms. The third kappa shape index (κ3) is 7.17. The van der Waals surface area contributed by atoms with Gasteiger partial charge >= 0.3 is 0 Å². The minimum absolute atomic E-state index is 0. The zero-order valence-electron chi connectivity index (χ0n) is 18.6. The Morgan fingerprint density at radius 2 is 1.87 bits per heavy atom. The summed E-state index contributed by atoms with van der Waals surface area (Å²) in [6.45, 7) is 7.90. The number of hydrogen-bond acceptors (Lipinski definition) is 6. The second-order valence-corrected chi connectivity index (χ2v) is 8.29. The van der Waals surface area contributed by atoms with Crippen LogP contribution in [0.2, 0.25) is 0 Å². The Labute approximate surface area is 204 Å². The Morgan fingerprint density at radius 1 is 1.13 bits per heavy atom. The van der Waals surface area contributed by atoms with E-state index in [9.17, 15) is 0 Å². The molecule has 0 amide bonds. The van der Waals surface area contributed by atoms with Gasteiger partial charge in [0.15, 0.2) is 11.8 Å². The van der Waals surface area contributed by atoms with Crippen LogP contribution < -0.4 is 15.4 Å². The van der Waals surface area contributed by atoms with E-state index in [1.54, 1.807) is 18.4 Å². The quantitative estimate of drug-likeness (QED) is 0.252. The fraction of sp³-hybridized carbons (Fsp3) is 0.429. The van der Waals surface area contributed by atoms with E-state index in [1.165, 1.54) is 10.4 Å². The Kier molecular flexibility index (Phi) is 9.69. The minimum atomic E-state index is 0. The van der Waals surface area contributed by atoms with Crippen LogP contribution in [0.3, 0.4) is 0 Å². The summed E-state index contributed by atoms with van der Waals surface area (Å²) in [5.41, 5.74) is 2.30. The number of aliphatic imine (C=N–C) groups is 1. The molecule has 0 saturated carbocycles. The van der Waals surface area contributed by atoms with Gasteiger partial charge in [0.05, 0.1) is 24.4 Å². The van der Waals surface area contributed by atoms with Gasteiger partial charge in [0.1, 0.15) is 18.1 Å². The Bertz CT molecular complexity index is 998. The van der Waals surface area contributed by atoms with Crippen molar-refractivity contribution in [1.29, 1.82) is 0 Å². The minimum Gasteiger partial charge on any atom is -0.497 e. The predicted molar refractivity (Wildman–Crippen MR) is 135 cm³/mol. The van der Waals surface area contributed by atoms with Gasteiger partial charge in [0.2, 0.25) is 0 Å². The first-order valence-corrected chi connectivity index (χ1v) is 10.7. The maximum atomic E-state index is 5.22. The van der Waals surface area contributed by atoms with E-state index in [1.807, 2.05) is 44.5 Å². The van der Waals surface area contributed by atoms with Crippen molar-refractivity contribution in [3.63, 3.8) is 0 Å². The summed E-state index contributed by atoms with van der Waals surface area (Å²) in [5.74, 6) is 3.31. The molecule has 2 aromatic heterocycles. The van der Waals surface area contributed by atoms with Crippen LogP contribution in [0.15, 0.2) is 29.3 Å². The van der Waals surface area contributed by atoms with Gasteiger partial charge in [-0.3, -0.25) is 0 Å². The summed E-state index contributed by atoms with van der Waals surface area (Å²) in [7, 11) is 3.63. The third-order valence-electron chi connectivity index (χ3n) is 4.84. The van der Waals surface area contributed by atoms with Crippen LogP contribution in [0.25, 0.3) is 0 Å². The van der Waals surface area contributed by atoms with Gasteiger partial charge in [-0.05, 0) is 44.9 Å². The average molecular weight is 555 g/mol. The Morgan fingerprint density at radius 3 is 2.45 bits per heavy atom. The highest BCUT2D eigenvalue weighted by Crippen LogP contribution is 2.16. The lowest BCUT2D eigenvalue weighted by Crippen LogP contribution is -2.38. The van der Waals surface area contributed by atoms with Gasteiger partial charge in [-0.25, -0.2) is 9.98 Å². The summed E-state index contributed by atoms with van der Waals surface area (Å²) in [4.78, 5) is 10.4. The number of halogens is 1. The van der Waals surface area contributed by atoms with Gasteiger partial charge in [-0.1, -0.05) is 12.1 Å². The first kappa shape index (κ1) is 25.1. The van der Waals surface area contributed by atoms with E-state index in [4.69, 9.17) is 9.73 Å². The lowest BCUT2D eigenvalue weighted by molar-refractivity contribution is 0.414. The highest BCUT2D eigenvalue weighted by molar-refractivity contribution is 14.0. The number of nitrogens with one attached hydrogen (secondary N) is 2. The lowest BCUT2D eigenvalue weighted by Gasteiger charge is -2.13. The van der Waals surface area contributed by atoms with Crippen molar-refractivity contribution in [2.24, 2.45) is 12.0 Å². The molecule has 0 spiro atoms. The molecular formula is C21H30IN7OS. The van der Waals surface area contributed by atoms with Crippen molar-refractivity contribution in [2.45, 2.75) is 40.3 Å². The second kappa shape index (κ2) is 12.0. The molecule has 1 aromatic carbocycles. The van der Waals surface area contributed by atoms with E-state index in [0.29, 0.717) is 13.1 Å². The van der Waals surface area contributed by atoms with Gasteiger partial charge in [-0.2, -0.15) is 0 Å². The number of hydrogen-bond donors (Lipinski definition) is 2. The largest absolute Gasteiger partial charge is 0.497 e. The highest BCUT2D eigenvalue weighted by Gasteiger charge is 2.08. The van der Waals surface area contributed by atoms with Crippen molar-refractivity contribution < 1.29 is 4.74 Å². The normalized spacial score (nSPS) is 11.2. The van der Waals surface area contributed by atoms with Crippen molar-refractivity contribution in [3.8, 4) is 5.75 Å². The number of guanidine groups is 1. The molecule has 31 heavy (non-hydrogen) atoms. The number of thiazole rings is 1. The van der Waals surface area contributed by atoms with Gasteiger partial charge in [0, 0.05) is 18.5 Å². The molecule has 168 valence electrons. The van der Waals surface area contributed by atoms with Crippen LogP contribution in [0.4, 0.5) is 0 Å². The number of nitrogens with zero attached hydrogens (tertiary/aromatic N) is 5. The molecule has 0 atom stereocenters. The van der Waals surface area contributed by atoms with Crippen LogP contribution in [0, 0.1) is 20.8 Å². The maximum absolute atomic E-state index is 5.22. The molecule has 2 N–H and O–H groups in total. The van der Waals surface area contributed by atoms with Crippen LogP contribution in [-0.4, -0.2) is 39.4 Å². The fourth-order valence-electron chi connectivity index (χ4n) is 2.93. The molecule has 0 radical (unpaired) electrons. The maximum Gasteiger partial charge on any atom is 0.192 e. The van der Waals surface area contributed by atoms with Crippen LogP contribution in [-0.2, 0) is 26.6 Å². The molecule has 0 saturated heterocycles. The molecule has 8 nitrogen and oxygen atoms in total. The van der Waals surface area contributed by atoms with Crippen LogP contribution >= 0.6 is 35.3 Å². The zero-order valence-corrected chi connectivity index (χ0v) is 21.7. The Balaban J connectivity index is 0.00000341. The topological polar surface area (TPSA) is 89.2 Å². The van der Waals surface area contributed by atoms with E-state index in [0.717, 1.165) is 47.0 Å². The number of ether oxygens (including phenoxy) is 1. The van der Waals surface area contributed by atoms with E-state index in [2.05, 4.69) is 37.9 Å². The molecule has 0 aliphatic heterocycles. The summed E-state index contributed by atoms with van der Waals surface area (Å²) in [6, 6.07) is 8.12. The first-order valence-electron chi connectivity index (χ1n) is 9.89. The molecule has 10 heteroatoms. The molecule has 0 unspecified atom stereocenters. The monoisotopic (exact) mass is 555 g/mol. The van der Waals surface area contributed by atoms with Crippen molar-refractivity contribution in [3.05, 3.63) is 57.1 Å². The first-order chi connectivity index (χ1) is 14.5. The van der Waals surface area contributed by atoms with Gasteiger partial charge < -0.3 is 19.9 Å². The van der Waals surface area contributed by atoms with E-state index < -0.39 is 0 Å². The molecule has 2 heterocycles. The van der Waals surface area contributed by atoms with Crippen molar-refractivity contribution >= 4 is 41.3 Å². The second-order valence-electron chi connectivity index (χ2n) is 7.01. The number of aryl methyl sites for hydroxylation is 3. The van der Waals surface area contributed by atoms with Crippen LogP contribution in [0.1, 0.15) is 32.8 Å². The summed E-state index contributed by atoms with van der Waals surface area (Å²) >= 11 is 1.71. The number of rotatable bonds is 8. The summed E-state index contributed by atoms with van der Waals surface area (Å²) < 4.78 is 7.17. The molecule has 0 aliphatic carbocycles. The van der Waals surface area contributed by atoms with Crippen molar-refractivity contribution in [1.82, 2.24) is 30.4 Å². The summed E-state index contributed by atoms with van der Waals surface area (Å²) in [5, 5.41) is 16.2. The third-order valence-corrected chi connectivity index (χ3v) is 5.92. The van der Waals surface area contributed by atoms with Gasteiger partial charge in [0.25, 0.3) is 0 Å². The Hall–Kier alpha value is -2.21. The zero-order chi connectivity index (χ0) is 21.5.